The van der Waals surface area contributed by atoms with Gasteiger partial charge in [-0.05, 0) is 29.8 Å². The number of halogens is 1. The molecule has 11 heteroatoms. The van der Waals surface area contributed by atoms with Crippen molar-refractivity contribution in [2.75, 3.05) is 26.3 Å². The minimum Gasteiger partial charge on any atom is -0.379 e. The highest BCUT2D eigenvalue weighted by molar-refractivity contribution is 7.91. The molecule has 0 bridgehead atoms. The number of hydrogen-bond acceptors (Lipinski definition) is 6. The van der Waals surface area contributed by atoms with Gasteiger partial charge in [-0.2, -0.15) is 4.31 Å². The number of benzene rings is 1. The van der Waals surface area contributed by atoms with Crippen LogP contribution in [-0.4, -0.2) is 47.4 Å². The lowest BCUT2D eigenvalue weighted by Gasteiger charge is -2.26. The highest BCUT2D eigenvalue weighted by atomic mass is 35.5. The van der Waals surface area contributed by atoms with Gasteiger partial charge in [0.05, 0.1) is 22.4 Å². The molecule has 0 radical (unpaired) electrons. The first kappa shape index (κ1) is 19.7. The molecule has 0 spiro atoms. The molecule has 1 aromatic heterocycles. The zero-order valence-corrected chi connectivity index (χ0v) is 16.8. The summed E-state index contributed by atoms with van der Waals surface area (Å²) in [5, 5.41) is 0. The van der Waals surface area contributed by atoms with Crippen LogP contribution in [-0.2, 0) is 31.3 Å². The van der Waals surface area contributed by atoms with Gasteiger partial charge in [0.1, 0.15) is 4.21 Å². The molecule has 0 unspecified atom stereocenters. The number of thiophene rings is 1. The summed E-state index contributed by atoms with van der Waals surface area (Å²) < 4.78 is 59.0. The first-order valence-electron chi connectivity index (χ1n) is 7.71. The third-order valence-corrected chi connectivity index (χ3v) is 8.85. The van der Waals surface area contributed by atoms with E-state index in [0.29, 0.717) is 36.2 Å². The first-order valence-corrected chi connectivity index (χ1v) is 11.8. The number of nitrogens with zero attached hydrogens (tertiary/aromatic N) is 1. The van der Waals surface area contributed by atoms with E-state index < -0.39 is 20.0 Å². The SMILES string of the molecule is O=S(=O)(NCc1ccc(S(=O)(=O)N2CCOCC2)cc1)c1ccc(Cl)s1. The number of sulfonamides is 2. The van der Waals surface area contributed by atoms with E-state index in [4.69, 9.17) is 16.3 Å². The summed E-state index contributed by atoms with van der Waals surface area (Å²) in [6.07, 6.45) is 0. The summed E-state index contributed by atoms with van der Waals surface area (Å²) in [4.78, 5) is 0.177. The number of morpholine rings is 1. The van der Waals surface area contributed by atoms with E-state index in [1.54, 1.807) is 12.1 Å². The maximum Gasteiger partial charge on any atom is 0.250 e. The molecule has 1 fully saturated rings. The summed E-state index contributed by atoms with van der Waals surface area (Å²) in [6.45, 7) is 1.47. The Bertz CT molecular complexity index is 965. The highest BCUT2D eigenvalue weighted by Crippen LogP contribution is 2.25. The molecule has 1 aromatic carbocycles. The summed E-state index contributed by atoms with van der Waals surface area (Å²) in [7, 11) is -7.21. The molecule has 26 heavy (non-hydrogen) atoms. The van der Waals surface area contributed by atoms with E-state index >= 15 is 0 Å². The Labute approximate surface area is 161 Å². The number of nitrogens with one attached hydrogen (secondary N) is 1. The zero-order valence-electron chi connectivity index (χ0n) is 13.6. The van der Waals surface area contributed by atoms with E-state index in [-0.39, 0.29) is 15.6 Å². The van der Waals surface area contributed by atoms with E-state index in [1.807, 2.05) is 0 Å². The lowest BCUT2D eigenvalue weighted by molar-refractivity contribution is 0.0730. The van der Waals surface area contributed by atoms with Crippen molar-refractivity contribution in [3.8, 4) is 0 Å². The summed E-state index contributed by atoms with van der Waals surface area (Å²) in [5.74, 6) is 0. The second-order valence-electron chi connectivity index (χ2n) is 5.54. The van der Waals surface area contributed by atoms with Gasteiger partial charge < -0.3 is 4.74 Å². The molecule has 7 nitrogen and oxygen atoms in total. The lowest BCUT2D eigenvalue weighted by atomic mass is 10.2. The van der Waals surface area contributed by atoms with Crippen molar-refractivity contribution in [3.63, 3.8) is 0 Å². The van der Waals surface area contributed by atoms with Gasteiger partial charge in [0, 0.05) is 19.6 Å². The Kier molecular flexibility index (Phi) is 6.02. The molecule has 1 saturated heterocycles. The van der Waals surface area contributed by atoms with Gasteiger partial charge in [0.15, 0.2) is 0 Å². The molecule has 1 N–H and O–H groups in total. The molecule has 142 valence electrons. The number of rotatable bonds is 6. The van der Waals surface area contributed by atoms with Crippen LogP contribution in [0.4, 0.5) is 0 Å². The van der Waals surface area contributed by atoms with Gasteiger partial charge in [-0.3, -0.25) is 0 Å². The molecule has 0 saturated carbocycles. The molecule has 0 atom stereocenters. The van der Waals surface area contributed by atoms with Crippen LogP contribution in [0.25, 0.3) is 0 Å². The van der Waals surface area contributed by atoms with Crippen molar-refractivity contribution >= 4 is 43.0 Å². The monoisotopic (exact) mass is 436 g/mol. The molecule has 2 aromatic rings. The van der Waals surface area contributed by atoms with Crippen molar-refractivity contribution < 1.29 is 21.6 Å². The fourth-order valence-corrected chi connectivity index (χ4v) is 6.36. The quantitative estimate of drug-likeness (QED) is 0.746. The Hall–Kier alpha value is -1.01. The predicted octanol–water partition coefficient (Wildman–Crippen LogP) is 1.90. The molecular weight excluding hydrogens is 420 g/mol. The van der Waals surface area contributed by atoms with Crippen LogP contribution < -0.4 is 4.72 Å². The van der Waals surface area contributed by atoms with Gasteiger partial charge >= 0.3 is 0 Å². The van der Waals surface area contributed by atoms with Gasteiger partial charge in [-0.15, -0.1) is 11.3 Å². The van der Waals surface area contributed by atoms with Crippen LogP contribution in [0.1, 0.15) is 5.56 Å². The van der Waals surface area contributed by atoms with Gasteiger partial charge in [-0.1, -0.05) is 23.7 Å². The molecular formula is C15H17ClN2O5S3. The van der Waals surface area contributed by atoms with Crippen molar-refractivity contribution in [3.05, 3.63) is 46.3 Å². The van der Waals surface area contributed by atoms with Crippen LogP contribution in [0.3, 0.4) is 0 Å². The average Bonchev–Trinajstić information content (AvgIpc) is 3.09. The van der Waals surface area contributed by atoms with Crippen LogP contribution >= 0.6 is 22.9 Å². The van der Waals surface area contributed by atoms with E-state index in [2.05, 4.69) is 4.72 Å². The number of ether oxygens (including phenoxy) is 1. The third-order valence-electron chi connectivity index (χ3n) is 3.81. The second-order valence-corrected chi connectivity index (χ2v) is 11.2. The van der Waals surface area contributed by atoms with Crippen molar-refractivity contribution in [2.24, 2.45) is 0 Å². The lowest BCUT2D eigenvalue weighted by Crippen LogP contribution is -2.40. The highest BCUT2D eigenvalue weighted by Gasteiger charge is 2.26. The van der Waals surface area contributed by atoms with Crippen LogP contribution in [0.2, 0.25) is 4.34 Å². The smallest absolute Gasteiger partial charge is 0.250 e. The van der Waals surface area contributed by atoms with Gasteiger partial charge in [0.25, 0.3) is 0 Å². The topological polar surface area (TPSA) is 92.8 Å². The molecule has 3 rings (SSSR count). The van der Waals surface area contributed by atoms with E-state index in [0.717, 1.165) is 11.3 Å². The fraction of sp³-hybridized carbons (Fsp3) is 0.333. The molecule has 0 aliphatic carbocycles. The minimum atomic E-state index is -3.65. The Morgan fingerprint density at radius 2 is 1.69 bits per heavy atom. The van der Waals surface area contributed by atoms with Crippen LogP contribution in [0.15, 0.2) is 45.5 Å². The van der Waals surface area contributed by atoms with Crippen LogP contribution in [0.5, 0.6) is 0 Å². The standard InChI is InChI=1S/C15H17ClN2O5S3/c16-14-5-6-15(24-14)25(19,20)17-11-12-1-3-13(4-2-12)26(21,22)18-7-9-23-10-8-18/h1-6,17H,7-11H2. The zero-order chi connectivity index (χ0) is 18.8. The molecule has 1 aliphatic rings. The Balaban J connectivity index is 1.68. The molecule has 1 aliphatic heterocycles. The Morgan fingerprint density at radius 3 is 2.27 bits per heavy atom. The third kappa shape index (κ3) is 4.45. The largest absolute Gasteiger partial charge is 0.379 e. The maximum absolute atomic E-state index is 12.6. The van der Waals surface area contributed by atoms with E-state index in [9.17, 15) is 16.8 Å². The molecule has 0 amide bonds. The van der Waals surface area contributed by atoms with E-state index in [1.165, 1.54) is 28.6 Å². The molecule has 2 heterocycles. The summed E-state index contributed by atoms with van der Waals surface area (Å²) >= 11 is 6.74. The first-order chi connectivity index (χ1) is 12.3. The van der Waals surface area contributed by atoms with Crippen molar-refractivity contribution in [1.29, 1.82) is 0 Å². The predicted molar refractivity (Wildman–Crippen MR) is 99.4 cm³/mol. The normalized spacial score (nSPS) is 16.7. The fourth-order valence-electron chi connectivity index (χ4n) is 2.41. The van der Waals surface area contributed by atoms with Crippen LogP contribution in [0, 0.1) is 0 Å². The Morgan fingerprint density at radius 1 is 1.04 bits per heavy atom. The van der Waals surface area contributed by atoms with Crippen molar-refractivity contribution in [2.45, 2.75) is 15.6 Å². The van der Waals surface area contributed by atoms with Gasteiger partial charge in [0.2, 0.25) is 20.0 Å². The summed E-state index contributed by atoms with van der Waals surface area (Å²) in [6, 6.07) is 9.11. The van der Waals surface area contributed by atoms with Crippen molar-refractivity contribution in [1.82, 2.24) is 9.03 Å². The summed E-state index contributed by atoms with van der Waals surface area (Å²) in [5.41, 5.74) is 0.650. The second kappa shape index (κ2) is 7.93. The van der Waals surface area contributed by atoms with Gasteiger partial charge in [-0.25, -0.2) is 21.6 Å². The maximum atomic E-state index is 12.6. The minimum absolute atomic E-state index is 0.0513. The average molecular weight is 437 g/mol. The number of hydrogen-bond donors (Lipinski definition) is 1.